The van der Waals surface area contributed by atoms with Crippen molar-refractivity contribution >= 4 is 15.7 Å². The second-order valence-corrected chi connectivity index (χ2v) is 12.2. The molecule has 0 saturated carbocycles. The second-order valence-electron chi connectivity index (χ2n) is 10.3. The number of phenolic OH excluding ortho intramolecular Hbond substituents is 1. The molecule has 1 aliphatic heterocycles. The summed E-state index contributed by atoms with van der Waals surface area (Å²) in [6.07, 6.45) is 2.50. The normalized spacial score (nSPS) is 14.6. The molecule has 1 heterocycles. The highest BCUT2D eigenvalue weighted by molar-refractivity contribution is 7.92. The summed E-state index contributed by atoms with van der Waals surface area (Å²) in [7, 11) is -3.84. The predicted octanol–water partition coefficient (Wildman–Crippen LogP) is 5.56. The van der Waals surface area contributed by atoms with Gasteiger partial charge in [-0.3, -0.25) is 9.21 Å². The van der Waals surface area contributed by atoms with Gasteiger partial charge in [0.2, 0.25) is 0 Å². The maximum atomic E-state index is 13.8. The molecule has 36 heavy (non-hydrogen) atoms. The van der Waals surface area contributed by atoms with E-state index in [2.05, 4.69) is 25.7 Å². The quantitative estimate of drug-likeness (QED) is 0.410. The maximum absolute atomic E-state index is 13.8. The summed E-state index contributed by atoms with van der Waals surface area (Å²) < 4.78 is 34.9. The van der Waals surface area contributed by atoms with Crippen molar-refractivity contribution in [3.05, 3.63) is 83.9 Å². The van der Waals surface area contributed by atoms with Gasteiger partial charge < -0.3 is 9.84 Å². The minimum atomic E-state index is -3.84. The van der Waals surface area contributed by atoms with Gasteiger partial charge in [-0.05, 0) is 91.0 Å². The molecule has 3 aromatic carbocycles. The van der Waals surface area contributed by atoms with Crippen LogP contribution in [0.2, 0.25) is 0 Å². The summed E-state index contributed by atoms with van der Waals surface area (Å²) in [6.45, 7) is 10.2. The zero-order valence-corrected chi connectivity index (χ0v) is 22.2. The van der Waals surface area contributed by atoms with E-state index in [4.69, 9.17) is 4.74 Å². The molecule has 0 atom stereocenters. The highest BCUT2D eigenvalue weighted by Crippen LogP contribution is 2.30. The van der Waals surface area contributed by atoms with E-state index in [0.29, 0.717) is 12.3 Å². The zero-order valence-electron chi connectivity index (χ0n) is 21.4. The number of aromatic hydroxyl groups is 1. The molecule has 1 saturated heterocycles. The molecule has 4 rings (SSSR count). The third kappa shape index (κ3) is 6.39. The number of sulfonamides is 1. The van der Waals surface area contributed by atoms with Crippen molar-refractivity contribution in [3.63, 3.8) is 0 Å². The lowest BCUT2D eigenvalue weighted by molar-refractivity contribution is 0.238. The van der Waals surface area contributed by atoms with Crippen LogP contribution in [0, 0.1) is 0 Å². The Bertz CT molecular complexity index is 1230. The summed E-state index contributed by atoms with van der Waals surface area (Å²) in [5.74, 6) is 0.857. The first-order valence-electron chi connectivity index (χ1n) is 12.5. The first kappa shape index (κ1) is 26.0. The molecule has 1 N–H and O–H groups in total. The Labute approximate surface area is 215 Å². The van der Waals surface area contributed by atoms with Gasteiger partial charge >= 0.3 is 0 Å². The number of likely N-dealkylation sites (tertiary alicyclic amines) is 1. The fourth-order valence-corrected chi connectivity index (χ4v) is 5.80. The van der Waals surface area contributed by atoms with Crippen LogP contribution in [0.4, 0.5) is 5.69 Å². The number of nitrogens with zero attached hydrogens (tertiary/aromatic N) is 2. The number of ether oxygens (including phenoxy) is 1. The van der Waals surface area contributed by atoms with Crippen molar-refractivity contribution in [2.45, 2.75) is 50.5 Å². The maximum Gasteiger partial charge on any atom is 0.264 e. The molecular weight excluding hydrogens is 472 g/mol. The Balaban J connectivity index is 1.57. The fraction of sp³-hybridized carbons (Fsp3) is 0.379. The van der Waals surface area contributed by atoms with Gasteiger partial charge in [0, 0.05) is 6.54 Å². The summed E-state index contributed by atoms with van der Waals surface area (Å²) in [6, 6.07) is 20.9. The van der Waals surface area contributed by atoms with E-state index in [1.165, 1.54) is 17.1 Å². The molecule has 6 nitrogen and oxygen atoms in total. The summed E-state index contributed by atoms with van der Waals surface area (Å²) in [5.41, 5.74) is 2.32. The first-order chi connectivity index (χ1) is 17.1. The standard InChI is InChI=1S/C29H36N2O4S/c1-29(2,3)24-8-16-28(17-9-24)36(33,34)31(22-23-6-12-26(32)13-7-23)25-10-14-27(15-11-25)35-21-20-30-18-4-5-19-30/h6-17,32H,4-5,18-22H2,1-3H3. The van der Waals surface area contributed by atoms with E-state index < -0.39 is 10.0 Å². The lowest BCUT2D eigenvalue weighted by Crippen LogP contribution is -2.30. The minimum Gasteiger partial charge on any atom is -0.508 e. The topological polar surface area (TPSA) is 70.1 Å². The van der Waals surface area contributed by atoms with Gasteiger partial charge in [0.05, 0.1) is 17.1 Å². The van der Waals surface area contributed by atoms with E-state index in [-0.39, 0.29) is 22.6 Å². The van der Waals surface area contributed by atoms with Crippen LogP contribution in [0.15, 0.2) is 77.7 Å². The van der Waals surface area contributed by atoms with E-state index in [9.17, 15) is 13.5 Å². The van der Waals surface area contributed by atoms with Crippen molar-refractivity contribution in [2.75, 3.05) is 30.5 Å². The second kappa shape index (κ2) is 10.9. The van der Waals surface area contributed by atoms with Crippen LogP contribution >= 0.6 is 0 Å². The SMILES string of the molecule is CC(C)(C)c1ccc(S(=O)(=O)N(Cc2ccc(O)cc2)c2ccc(OCCN3CCCC3)cc2)cc1. The van der Waals surface area contributed by atoms with Gasteiger partial charge in [-0.2, -0.15) is 0 Å². The fourth-order valence-electron chi connectivity index (χ4n) is 4.34. The highest BCUT2D eigenvalue weighted by Gasteiger charge is 2.26. The zero-order chi connectivity index (χ0) is 25.8. The van der Waals surface area contributed by atoms with Gasteiger partial charge in [-0.15, -0.1) is 0 Å². The number of anilines is 1. The van der Waals surface area contributed by atoms with Crippen LogP contribution in [-0.2, 0) is 22.0 Å². The Morgan fingerprint density at radius 2 is 1.50 bits per heavy atom. The van der Waals surface area contributed by atoms with Crippen molar-refractivity contribution < 1.29 is 18.3 Å². The lowest BCUT2D eigenvalue weighted by atomic mass is 9.87. The number of benzene rings is 3. The van der Waals surface area contributed by atoms with Gasteiger partial charge in [0.15, 0.2) is 0 Å². The van der Waals surface area contributed by atoms with E-state index in [1.807, 2.05) is 24.3 Å². The van der Waals surface area contributed by atoms with Crippen LogP contribution in [0.3, 0.4) is 0 Å². The highest BCUT2D eigenvalue weighted by atomic mass is 32.2. The van der Waals surface area contributed by atoms with E-state index >= 15 is 0 Å². The largest absolute Gasteiger partial charge is 0.508 e. The minimum absolute atomic E-state index is 0.0708. The van der Waals surface area contributed by atoms with Crippen molar-refractivity contribution in [1.29, 1.82) is 0 Å². The molecule has 0 amide bonds. The van der Waals surface area contributed by atoms with E-state index in [1.54, 1.807) is 48.5 Å². The number of rotatable bonds is 9. The lowest BCUT2D eigenvalue weighted by Gasteiger charge is -2.26. The van der Waals surface area contributed by atoms with Gasteiger partial charge in [-0.1, -0.05) is 45.0 Å². The van der Waals surface area contributed by atoms with Gasteiger partial charge in [0.1, 0.15) is 18.1 Å². The number of hydrogen-bond donors (Lipinski definition) is 1. The summed E-state index contributed by atoms with van der Waals surface area (Å²) in [5, 5.41) is 9.66. The molecule has 1 aliphatic rings. The van der Waals surface area contributed by atoms with Crippen molar-refractivity contribution in [3.8, 4) is 11.5 Å². The molecule has 0 unspecified atom stereocenters. The third-order valence-electron chi connectivity index (χ3n) is 6.57. The molecule has 3 aromatic rings. The van der Waals surface area contributed by atoms with Crippen LogP contribution < -0.4 is 9.04 Å². The molecule has 0 aliphatic carbocycles. The molecule has 0 aromatic heterocycles. The monoisotopic (exact) mass is 508 g/mol. The Morgan fingerprint density at radius 1 is 0.889 bits per heavy atom. The Kier molecular flexibility index (Phi) is 7.91. The smallest absolute Gasteiger partial charge is 0.264 e. The molecular formula is C29H36N2O4S. The van der Waals surface area contributed by atoms with Gasteiger partial charge in [-0.25, -0.2) is 8.42 Å². The van der Waals surface area contributed by atoms with E-state index in [0.717, 1.165) is 36.5 Å². The van der Waals surface area contributed by atoms with Crippen molar-refractivity contribution in [2.24, 2.45) is 0 Å². The summed E-state index contributed by atoms with van der Waals surface area (Å²) >= 11 is 0. The number of phenols is 1. The van der Waals surface area contributed by atoms with Crippen LogP contribution in [0.25, 0.3) is 0 Å². The molecule has 0 spiro atoms. The van der Waals surface area contributed by atoms with Crippen LogP contribution in [0.1, 0.15) is 44.7 Å². The third-order valence-corrected chi connectivity index (χ3v) is 8.36. The van der Waals surface area contributed by atoms with Crippen molar-refractivity contribution in [1.82, 2.24) is 4.90 Å². The predicted molar refractivity (Wildman–Crippen MR) is 144 cm³/mol. The first-order valence-corrected chi connectivity index (χ1v) is 13.9. The Morgan fingerprint density at radius 3 is 2.08 bits per heavy atom. The summed E-state index contributed by atoms with van der Waals surface area (Å²) in [4.78, 5) is 2.63. The molecule has 7 heteroatoms. The van der Waals surface area contributed by atoms with Crippen LogP contribution in [-0.4, -0.2) is 44.7 Å². The molecule has 192 valence electrons. The molecule has 0 bridgehead atoms. The average molecular weight is 509 g/mol. The number of hydrogen-bond acceptors (Lipinski definition) is 5. The van der Waals surface area contributed by atoms with Crippen LogP contribution in [0.5, 0.6) is 11.5 Å². The van der Waals surface area contributed by atoms with Gasteiger partial charge in [0.25, 0.3) is 10.0 Å². The molecule has 0 radical (unpaired) electrons. The molecule has 1 fully saturated rings. The average Bonchev–Trinajstić information content (AvgIpc) is 3.37. The Hall–Kier alpha value is -3.03.